The van der Waals surface area contributed by atoms with Crippen molar-refractivity contribution in [1.29, 1.82) is 0 Å². The van der Waals surface area contributed by atoms with Crippen molar-refractivity contribution in [2.24, 2.45) is 5.92 Å². The number of rotatable bonds is 5. The van der Waals surface area contributed by atoms with E-state index in [0.717, 1.165) is 52.1 Å². The molecule has 0 spiro atoms. The van der Waals surface area contributed by atoms with Crippen LogP contribution in [0, 0.1) is 5.92 Å². The molecule has 0 saturated carbocycles. The summed E-state index contributed by atoms with van der Waals surface area (Å²) in [5.74, 6) is 0.608. The number of urea groups is 1. The summed E-state index contributed by atoms with van der Waals surface area (Å²) in [6.45, 7) is 5.72. The van der Waals surface area contributed by atoms with Crippen molar-refractivity contribution in [3.8, 4) is 0 Å². The second-order valence-corrected chi connectivity index (χ2v) is 7.96. The van der Waals surface area contributed by atoms with Gasteiger partial charge < -0.3 is 15.0 Å². The van der Waals surface area contributed by atoms with E-state index in [-0.39, 0.29) is 12.1 Å². The highest BCUT2D eigenvalue weighted by Gasteiger charge is 2.25. The second-order valence-electron chi connectivity index (χ2n) is 6.93. The molecule has 0 bridgehead atoms. The van der Waals surface area contributed by atoms with E-state index in [2.05, 4.69) is 27.7 Å². The van der Waals surface area contributed by atoms with Crippen molar-refractivity contribution in [2.45, 2.75) is 38.3 Å². The van der Waals surface area contributed by atoms with Gasteiger partial charge in [0, 0.05) is 38.2 Å². The van der Waals surface area contributed by atoms with E-state index in [4.69, 9.17) is 4.74 Å². The minimum atomic E-state index is 0.0813. The minimum absolute atomic E-state index is 0.0813. The molecule has 134 valence electrons. The van der Waals surface area contributed by atoms with Gasteiger partial charge in [0.2, 0.25) is 0 Å². The minimum Gasteiger partial charge on any atom is -0.380 e. The van der Waals surface area contributed by atoms with E-state index < -0.39 is 0 Å². The average molecular weight is 352 g/mol. The Labute approximate surface area is 149 Å². The third-order valence-electron chi connectivity index (χ3n) is 5.21. The summed E-state index contributed by atoms with van der Waals surface area (Å²) in [4.78, 5) is 18.2. The molecule has 6 heteroatoms. The lowest BCUT2D eigenvalue weighted by atomic mass is 9.97. The number of amides is 2. The molecular formula is C18H29N3O2S. The van der Waals surface area contributed by atoms with Crippen LogP contribution in [0.4, 0.5) is 4.79 Å². The van der Waals surface area contributed by atoms with Crippen LogP contribution in [0.2, 0.25) is 0 Å². The molecule has 1 aromatic heterocycles. The quantitative estimate of drug-likeness (QED) is 0.887. The van der Waals surface area contributed by atoms with Gasteiger partial charge in [-0.05, 0) is 56.1 Å². The van der Waals surface area contributed by atoms with Crippen LogP contribution < -0.4 is 5.32 Å². The van der Waals surface area contributed by atoms with Gasteiger partial charge in [-0.3, -0.25) is 4.90 Å². The number of methoxy groups -OCH3 is 1. The first-order valence-electron chi connectivity index (χ1n) is 9.05. The Balaban J connectivity index is 1.35. The van der Waals surface area contributed by atoms with Crippen LogP contribution in [0.3, 0.4) is 0 Å². The molecule has 0 radical (unpaired) electrons. The molecule has 2 aliphatic rings. The first-order valence-corrected chi connectivity index (χ1v) is 9.93. The first-order chi connectivity index (χ1) is 11.7. The van der Waals surface area contributed by atoms with Gasteiger partial charge in [0.15, 0.2) is 0 Å². The van der Waals surface area contributed by atoms with Gasteiger partial charge in [-0.1, -0.05) is 6.07 Å². The number of thiophene rings is 1. The third kappa shape index (κ3) is 4.94. The van der Waals surface area contributed by atoms with Crippen LogP contribution in [-0.2, 0) is 11.3 Å². The lowest BCUT2D eigenvalue weighted by Gasteiger charge is -2.34. The molecule has 2 amide bonds. The molecule has 2 aliphatic heterocycles. The lowest BCUT2D eigenvalue weighted by molar-refractivity contribution is 0.0431. The van der Waals surface area contributed by atoms with Crippen molar-refractivity contribution >= 4 is 17.4 Å². The summed E-state index contributed by atoms with van der Waals surface area (Å²) >= 11 is 1.83. The fourth-order valence-corrected chi connectivity index (χ4v) is 4.38. The molecule has 1 unspecified atom stereocenters. The van der Waals surface area contributed by atoms with Crippen LogP contribution in [0.5, 0.6) is 0 Å². The highest BCUT2D eigenvalue weighted by Crippen LogP contribution is 2.20. The summed E-state index contributed by atoms with van der Waals surface area (Å²) in [6.07, 6.45) is 4.64. The Bertz CT molecular complexity index is 500. The SMILES string of the molecule is COC1CCCN(C(=O)NCC2CCN(Cc3cccs3)CC2)C1. The van der Waals surface area contributed by atoms with Crippen LogP contribution in [-0.4, -0.2) is 61.8 Å². The van der Waals surface area contributed by atoms with Gasteiger partial charge in [0.05, 0.1) is 6.10 Å². The molecular weight excluding hydrogens is 322 g/mol. The van der Waals surface area contributed by atoms with Crippen LogP contribution in [0.1, 0.15) is 30.6 Å². The number of nitrogens with zero attached hydrogens (tertiary/aromatic N) is 2. The van der Waals surface area contributed by atoms with Crippen molar-refractivity contribution < 1.29 is 9.53 Å². The molecule has 24 heavy (non-hydrogen) atoms. The fraction of sp³-hybridized carbons (Fsp3) is 0.722. The number of hydrogen-bond donors (Lipinski definition) is 1. The topological polar surface area (TPSA) is 44.8 Å². The Hall–Kier alpha value is -1.11. The van der Waals surface area contributed by atoms with Crippen LogP contribution >= 0.6 is 11.3 Å². The van der Waals surface area contributed by atoms with Crippen molar-refractivity contribution in [1.82, 2.24) is 15.1 Å². The number of carbonyl (C=O) groups excluding carboxylic acids is 1. The Morgan fingerprint density at radius 2 is 2.17 bits per heavy atom. The molecule has 5 nitrogen and oxygen atoms in total. The zero-order valence-corrected chi connectivity index (χ0v) is 15.4. The van der Waals surface area contributed by atoms with Gasteiger partial charge in [-0.25, -0.2) is 4.79 Å². The smallest absolute Gasteiger partial charge is 0.317 e. The molecule has 0 aromatic carbocycles. The van der Waals surface area contributed by atoms with E-state index in [1.165, 1.54) is 17.7 Å². The molecule has 1 N–H and O–H groups in total. The van der Waals surface area contributed by atoms with Crippen molar-refractivity contribution in [3.05, 3.63) is 22.4 Å². The van der Waals surface area contributed by atoms with E-state index in [0.29, 0.717) is 5.92 Å². The van der Waals surface area contributed by atoms with Gasteiger partial charge >= 0.3 is 6.03 Å². The highest BCUT2D eigenvalue weighted by atomic mass is 32.1. The van der Waals surface area contributed by atoms with Crippen molar-refractivity contribution in [2.75, 3.05) is 39.8 Å². The largest absolute Gasteiger partial charge is 0.380 e. The normalized spacial score (nSPS) is 23.4. The van der Waals surface area contributed by atoms with E-state index >= 15 is 0 Å². The Morgan fingerprint density at radius 1 is 1.33 bits per heavy atom. The summed E-state index contributed by atoms with van der Waals surface area (Å²) in [7, 11) is 1.73. The molecule has 3 heterocycles. The first kappa shape index (κ1) is 17.7. The maximum Gasteiger partial charge on any atom is 0.317 e. The second kappa shape index (κ2) is 8.83. The van der Waals surface area contributed by atoms with E-state index in [1.807, 2.05) is 16.2 Å². The zero-order valence-electron chi connectivity index (χ0n) is 14.6. The predicted molar refractivity (Wildman–Crippen MR) is 97.3 cm³/mol. The monoisotopic (exact) mass is 351 g/mol. The molecule has 2 fully saturated rings. The van der Waals surface area contributed by atoms with Crippen LogP contribution in [0.25, 0.3) is 0 Å². The fourth-order valence-electron chi connectivity index (χ4n) is 3.63. The maximum absolute atomic E-state index is 12.3. The summed E-state index contributed by atoms with van der Waals surface area (Å²) in [6, 6.07) is 4.41. The van der Waals surface area contributed by atoms with Crippen LogP contribution in [0.15, 0.2) is 17.5 Å². The number of hydrogen-bond acceptors (Lipinski definition) is 4. The number of ether oxygens (including phenoxy) is 1. The number of nitrogens with one attached hydrogen (secondary N) is 1. The number of carbonyl (C=O) groups is 1. The number of likely N-dealkylation sites (tertiary alicyclic amines) is 2. The van der Waals surface area contributed by atoms with Crippen molar-refractivity contribution in [3.63, 3.8) is 0 Å². The molecule has 0 aliphatic carbocycles. The van der Waals surface area contributed by atoms with E-state index in [9.17, 15) is 4.79 Å². The molecule has 1 atom stereocenters. The van der Waals surface area contributed by atoms with E-state index in [1.54, 1.807) is 7.11 Å². The zero-order chi connectivity index (χ0) is 16.8. The molecule has 3 rings (SSSR count). The number of piperidine rings is 2. The predicted octanol–water partition coefficient (Wildman–Crippen LogP) is 2.78. The third-order valence-corrected chi connectivity index (χ3v) is 6.07. The highest BCUT2D eigenvalue weighted by molar-refractivity contribution is 7.09. The Morgan fingerprint density at radius 3 is 2.88 bits per heavy atom. The summed E-state index contributed by atoms with van der Waals surface area (Å²) < 4.78 is 5.39. The lowest BCUT2D eigenvalue weighted by Crippen LogP contribution is -2.49. The molecule has 2 saturated heterocycles. The molecule has 1 aromatic rings. The van der Waals surface area contributed by atoms with Gasteiger partial charge in [-0.2, -0.15) is 0 Å². The summed E-state index contributed by atoms with van der Waals surface area (Å²) in [5, 5.41) is 5.29. The average Bonchev–Trinajstić information content (AvgIpc) is 3.14. The van der Waals surface area contributed by atoms with Gasteiger partial charge in [0.1, 0.15) is 0 Å². The van der Waals surface area contributed by atoms with Gasteiger partial charge in [-0.15, -0.1) is 11.3 Å². The maximum atomic E-state index is 12.3. The van der Waals surface area contributed by atoms with Gasteiger partial charge in [0.25, 0.3) is 0 Å². The summed E-state index contributed by atoms with van der Waals surface area (Å²) in [5.41, 5.74) is 0. The Kier molecular flexibility index (Phi) is 6.51. The standard InChI is InChI=1S/C18H29N3O2S/c1-23-16-4-2-8-21(13-16)18(22)19-12-15-6-9-20(10-7-15)14-17-5-3-11-24-17/h3,5,11,15-16H,2,4,6-10,12-14H2,1H3,(H,19,22).